The monoisotopic (exact) mass is 470 g/mol. The van der Waals surface area contributed by atoms with Crippen molar-refractivity contribution >= 4 is 40.7 Å². The average Bonchev–Trinajstić information content (AvgIpc) is 3.10. The molecular weight excluding hydrogens is 435 g/mol. The van der Waals surface area contributed by atoms with Crippen molar-refractivity contribution in [2.75, 3.05) is 39.0 Å². The van der Waals surface area contributed by atoms with E-state index in [0.717, 1.165) is 43.9 Å². The van der Waals surface area contributed by atoms with Crippen LogP contribution < -0.4 is 10.6 Å². The van der Waals surface area contributed by atoms with Crippen molar-refractivity contribution in [2.24, 2.45) is 4.99 Å². The van der Waals surface area contributed by atoms with E-state index in [0.29, 0.717) is 11.3 Å². The predicted molar refractivity (Wildman–Crippen MR) is 115 cm³/mol. The molecule has 0 amide bonds. The van der Waals surface area contributed by atoms with Gasteiger partial charge in [-0.2, -0.15) is 0 Å². The lowest BCUT2D eigenvalue weighted by atomic mass is 9.95. The van der Waals surface area contributed by atoms with Crippen LogP contribution in [-0.2, 0) is 10.8 Å². The van der Waals surface area contributed by atoms with Crippen molar-refractivity contribution in [1.82, 2.24) is 15.5 Å². The smallest absolute Gasteiger partial charge is 0.191 e. The molecule has 2 aliphatic rings. The van der Waals surface area contributed by atoms with Gasteiger partial charge in [0.05, 0.1) is 0 Å². The van der Waals surface area contributed by atoms with Crippen LogP contribution in [0.15, 0.2) is 4.99 Å². The first-order chi connectivity index (χ1) is 11.2. The molecule has 0 spiro atoms. The van der Waals surface area contributed by atoms with Crippen molar-refractivity contribution in [2.45, 2.75) is 63.2 Å². The number of aliphatic imine (C=N–C) groups is 1. The van der Waals surface area contributed by atoms with Gasteiger partial charge in [-0.3, -0.25) is 9.20 Å². The van der Waals surface area contributed by atoms with Crippen LogP contribution >= 0.6 is 24.0 Å². The summed E-state index contributed by atoms with van der Waals surface area (Å²) in [4.78, 5) is 6.89. The predicted octanol–water partition coefficient (Wildman–Crippen LogP) is 2.34. The molecule has 2 rings (SSSR count). The minimum Gasteiger partial charge on any atom is -0.356 e. The Morgan fingerprint density at radius 1 is 1.25 bits per heavy atom. The molecule has 1 heterocycles. The van der Waals surface area contributed by atoms with Gasteiger partial charge in [0.1, 0.15) is 0 Å². The Balaban J connectivity index is 0.00000288. The second-order valence-corrected chi connectivity index (χ2v) is 8.71. The molecule has 2 N–H and O–H groups in total. The Morgan fingerprint density at radius 3 is 2.67 bits per heavy atom. The van der Waals surface area contributed by atoms with Gasteiger partial charge in [0.15, 0.2) is 5.96 Å². The number of hydrogen-bond acceptors (Lipinski definition) is 3. The third-order valence-corrected chi connectivity index (χ3v) is 6.73. The molecule has 0 aromatic rings. The molecule has 5 nitrogen and oxygen atoms in total. The van der Waals surface area contributed by atoms with E-state index in [1.165, 1.54) is 38.9 Å². The highest BCUT2D eigenvalue weighted by molar-refractivity contribution is 14.0. The number of nitrogens with zero attached hydrogens (tertiary/aromatic N) is 2. The summed E-state index contributed by atoms with van der Waals surface area (Å²) in [6.45, 7) is 6.71. The molecule has 1 aliphatic heterocycles. The summed E-state index contributed by atoms with van der Waals surface area (Å²) in [5, 5.41) is 7.33. The van der Waals surface area contributed by atoms with Crippen LogP contribution in [0, 0.1) is 0 Å². The van der Waals surface area contributed by atoms with Gasteiger partial charge in [0, 0.05) is 41.4 Å². The SMILES string of the molecule is CCS(=O)C1CCCC(NC(=NC)NCCCN2CCCC2)C1.I. The fraction of sp³-hybridized carbons (Fsp3) is 0.941. The zero-order chi connectivity index (χ0) is 16.5. The maximum Gasteiger partial charge on any atom is 0.191 e. The van der Waals surface area contributed by atoms with Gasteiger partial charge in [-0.25, -0.2) is 0 Å². The van der Waals surface area contributed by atoms with Crippen LogP contribution in [0.5, 0.6) is 0 Å². The molecule has 3 atom stereocenters. The topological polar surface area (TPSA) is 56.7 Å². The number of halogens is 1. The van der Waals surface area contributed by atoms with Gasteiger partial charge in [-0.15, -0.1) is 24.0 Å². The number of guanidine groups is 1. The second kappa shape index (κ2) is 12.5. The van der Waals surface area contributed by atoms with Gasteiger partial charge in [0.25, 0.3) is 0 Å². The second-order valence-electron chi connectivity index (χ2n) is 6.70. The largest absolute Gasteiger partial charge is 0.356 e. The van der Waals surface area contributed by atoms with Gasteiger partial charge in [-0.05, 0) is 58.2 Å². The van der Waals surface area contributed by atoms with Crippen molar-refractivity contribution < 1.29 is 4.21 Å². The van der Waals surface area contributed by atoms with E-state index in [4.69, 9.17) is 0 Å². The van der Waals surface area contributed by atoms with Crippen molar-refractivity contribution in [3.05, 3.63) is 0 Å². The molecule has 142 valence electrons. The molecule has 0 aromatic carbocycles. The van der Waals surface area contributed by atoms with Crippen LogP contribution in [0.2, 0.25) is 0 Å². The van der Waals surface area contributed by atoms with E-state index in [1.807, 2.05) is 14.0 Å². The molecule has 1 aliphatic carbocycles. The molecule has 7 heteroatoms. The van der Waals surface area contributed by atoms with E-state index in [1.54, 1.807) is 0 Å². The summed E-state index contributed by atoms with van der Waals surface area (Å²) in [5.41, 5.74) is 0. The molecule has 1 saturated heterocycles. The average molecular weight is 470 g/mol. The number of rotatable bonds is 7. The first-order valence-corrected chi connectivity index (χ1v) is 10.7. The van der Waals surface area contributed by atoms with Crippen LogP contribution in [0.3, 0.4) is 0 Å². The standard InChI is InChI=1S/C17H34N4OS.HI/c1-3-23(22)16-9-6-8-15(14-16)20-17(18-2)19-10-7-13-21-11-4-5-12-21;/h15-16H,3-14H2,1-2H3,(H2,18,19,20);1H. The van der Waals surface area contributed by atoms with E-state index in [9.17, 15) is 4.21 Å². The molecule has 24 heavy (non-hydrogen) atoms. The molecule has 0 aromatic heterocycles. The summed E-state index contributed by atoms with van der Waals surface area (Å²) in [5.74, 6) is 1.68. The minimum absolute atomic E-state index is 0. The van der Waals surface area contributed by atoms with Gasteiger partial charge < -0.3 is 15.5 Å². The highest BCUT2D eigenvalue weighted by Crippen LogP contribution is 2.22. The Labute approximate surface area is 167 Å². The number of likely N-dealkylation sites (tertiary alicyclic amines) is 1. The molecular formula is C17H35IN4OS. The maximum atomic E-state index is 12.0. The Morgan fingerprint density at radius 2 is 2.00 bits per heavy atom. The first kappa shape index (κ1) is 22.2. The third-order valence-electron chi connectivity index (χ3n) is 4.99. The van der Waals surface area contributed by atoms with E-state index >= 15 is 0 Å². The summed E-state index contributed by atoms with van der Waals surface area (Å²) >= 11 is 0. The highest BCUT2D eigenvalue weighted by atomic mass is 127. The Kier molecular flexibility index (Phi) is 11.5. The zero-order valence-corrected chi connectivity index (χ0v) is 18.4. The van der Waals surface area contributed by atoms with Gasteiger partial charge in [0.2, 0.25) is 0 Å². The summed E-state index contributed by atoms with van der Waals surface area (Å²) in [7, 11) is 1.17. The van der Waals surface area contributed by atoms with E-state index in [-0.39, 0.29) is 24.0 Å². The molecule has 1 saturated carbocycles. The summed E-state index contributed by atoms with van der Waals surface area (Å²) < 4.78 is 12.0. The highest BCUT2D eigenvalue weighted by Gasteiger charge is 2.25. The zero-order valence-electron chi connectivity index (χ0n) is 15.3. The van der Waals surface area contributed by atoms with Gasteiger partial charge in [-0.1, -0.05) is 13.3 Å². The molecule has 2 fully saturated rings. The van der Waals surface area contributed by atoms with Gasteiger partial charge >= 0.3 is 0 Å². The fourth-order valence-electron chi connectivity index (χ4n) is 3.65. The lowest BCUT2D eigenvalue weighted by molar-refractivity contribution is 0.333. The molecule has 0 bridgehead atoms. The Bertz CT molecular complexity index is 402. The van der Waals surface area contributed by atoms with Crippen LogP contribution in [0.1, 0.15) is 51.9 Å². The third kappa shape index (κ3) is 7.56. The lowest BCUT2D eigenvalue weighted by Gasteiger charge is -2.30. The summed E-state index contributed by atoms with van der Waals surface area (Å²) in [6, 6.07) is 0.411. The van der Waals surface area contributed by atoms with E-state index < -0.39 is 10.8 Å². The summed E-state index contributed by atoms with van der Waals surface area (Å²) in [6.07, 6.45) is 8.33. The minimum atomic E-state index is -0.665. The van der Waals surface area contributed by atoms with Crippen molar-refractivity contribution in [3.63, 3.8) is 0 Å². The van der Waals surface area contributed by atoms with E-state index in [2.05, 4.69) is 20.5 Å². The Hall–Kier alpha value is 0.110. The van der Waals surface area contributed by atoms with Crippen LogP contribution in [-0.4, -0.2) is 65.3 Å². The number of nitrogens with one attached hydrogen (secondary N) is 2. The molecule has 3 unspecified atom stereocenters. The van der Waals surface area contributed by atoms with Crippen LogP contribution in [0.25, 0.3) is 0 Å². The molecule has 0 radical (unpaired) electrons. The van der Waals surface area contributed by atoms with Crippen molar-refractivity contribution in [1.29, 1.82) is 0 Å². The fourth-order valence-corrected chi connectivity index (χ4v) is 5.00. The van der Waals surface area contributed by atoms with Crippen molar-refractivity contribution in [3.8, 4) is 0 Å². The maximum absolute atomic E-state index is 12.0. The number of hydrogen-bond donors (Lipinski definition) is 2. The van der Waals surface area contributed by atoms with Crippen LogP contribution in [0.4, 0.5) is 0 Å². The lowest BCUT2D eigenvalue weighted by Crippen LogP contribution is -2.47. The quantitative estimate of drug-likeness (QED) is 0.260. The normalized spacial score (nSPS) is 26.7. The first-order valence-electron chi connectivity index (χ1n) is 9.29.